The van der Waals surface area contributed by atoms with Crippen molar-refractivity contribution in [3.8, 4) is 0 Å². The van der Waals surface area contributed by atoms with Crippen LogP contribution in [0.3, 0.4) is 0 Å². The van der Waals surface area contributed by atoms with Crippen LogP contribution in [0.15, 0.2) is 24.3 Å². The summed E-state index contributed by atoms with van der Waals surface area (Å²) >= 11 is 0. The van der Waals surface area contributed by atoms with Gasteiger partial charge in [0.25, 0.3) is 0 Å². The number of benzene rings is 1. The van der Waals surface area contributed by atoms with Crippen LogP contribution in [0.25, 0.3) is 0 Å². The highest BCUT2D eigenvalue weighted by Gasteiger charge is 2.04. The van der Waals surface area contributed by atoms with E-state index >= 15 is 0 Å². The molecule has 4 nitrogen and oxygen atoms in total. The van der Waals surface area contributed by atoms with E-state index in [9.17, 15) is 4.79 Å². The lowest BCUT2D eigenvalue weighted by Crippen LogP contribution is -2.12. The molecule has 0 aliphatic heterocycles. The van der Waals surface area contributed by atoms with E-state index in [1.807, 2.05) is 18.2 Å². The third-order valence-corrected chi connectivity index (χ3v) is 1.74. The monoisotopic (exact) mass is 195 g/mol. The van der Waals surface area contributed by atoms with Crippen molar-refractivity contribution in [3.05, 3.63) is 29.8 Å². The topological polar surface area (TPSA) is 47.6 Å². The highest BCUT2D eigenvalue weighted by Crippen LogP contribution is 2.15. The molecule has 1 rings (SSSR count). The average molecular weight is 195 g/mol. The smallest absolute Gasteiger partial charge is 0.411 e. The summed E-state index contributed by atoms with van der Waals surface area (Å²) in [6.45, 7) is 0.458. The van der Waals surface area contributed by atoms with Crippen molar-refractivity contribution in [1.82, 2.24) is 0 Å². The number of carbonyl (C=O) groups is 1. The minimum atomic E-state index is -0.478. The van der Waals surface area contributed by atoms with Crippen molar-refractivity contribution < 1.29 is 14.3 Å². The minimum Gasteiger partial charge on any atom is -0.453 e. The molecule has 0 aromatic heterocycles. The van der Waals surface area contributed by atoms with Gasteiger partial charge in [0.05, 0.1) is 13.7 Å². The quantitative estimate of drug-likeness (QED) is 0.802. The van der Waals surface area contributed by atoms with Gasteiger partial charge in [-0.3, -0.25) is 5.32 Å². The molecule has 76 valence electrons. The zero-order chi connectivity index (χ0) is 10.4. The number of para-hydroxylation sites is 1. The van der Waals surface area contributed by atoms with Crippen LogP contribution in [0, 0.1) is 0 Å². The van der Waals surface area contributed by atoms with E-state index in [1.54, 1.807) is 13.2 Å². The van der Waals surface area contributed by atoms with Crippen LogP contribution in [0.4, 0.5) is 10.5 Å². The van der Waals surface area contributed by atoms with E-state index in [0.29, 0.717) is 12.3 Å². The molecule has 0 aliphatic carbocycles. The molecule has 0 spiro atoms. The van der Waals surface area contributed by atoms with Gasteiger partial charge in [0.1, 0.15) is 0 Å². The molecule has 0 atom stereocenters. The van der Waals surface area contributed by atoms with Crippen molar-refractivity contribution in [3.63, 3.8) is 0 Å². The fraction of sp³-hybridized carbons (Fsp3) is 0.300. The summed E-state index contributed by atoms with van der Waals surface area (Å²) in [5.41, 5.74) is 1.63. The standard InChI is InChI=1S/C10H13NO3/c1-13-7-8-5-3-4-6-9(8)11-10(12)14-2/h3-6H,7H2,1-2H3,(H,11,12). The maximum absolute atomic E-state index is 11.0. The Morgan fingerprint density at radius 1 is 1.36 bits per heavy atom. The Kier molecular flexibility index (Phi) is 3.94. The number of rotatable bonds is 3. The number of hydrogen-bond donors (Lipinski definition) is 1. The molecule has 4 heteroatoms. The summed E-state index contributed by atoms with van der Waals surface area (Å²) in [6.07, 6.45) is -0.478. The first-order chi connectivity index (χ1) is 6.77. The zero-order valence-corrected chi connectivity index (χ0v) is 8.24. The second-order valence-corrected chi connectivity index (χ2v) is 2.71. The first-order valence-electron chi connectivity index (χ1n) is 4.19. The molecule has 1 aromatic carbocycles. The SMILES string of the molecule is COCc1ccccc1NC(=O)OC. The molecule has 0 aliphatic rings. The van der Waals surface area contributed by atoms with Gasteiger partial charge in [-0.25, -0.2) is 4.79 Å². The predicted octanol–water partition coefficient (Wildman–Crippen LogP) is 2.01. The van der Waals surface area contributed by atoms with Gasteiger partial charge >= 0.3 is 6.09 Å². The lowest BCUT2D eigenvalue weighted by molar-refractivity contribution is 0.183. The molecule has 0 fully saturated rings. The summed E-state index contributed by atoms with van der Waals surface area (Å²) in [5, 5.41) is 2.60. The van der Waals surface area contributed by atoms with Crippen molar-refractivity contribution in [2.75, 3.05) is 19.5 Å². The normalized spacial score (nSPS) is 9.57. The fourth-order valence-corrected chi connectivity index (χ4v) is 1.08. The predicted molar refractivity (Wildman–Crippen MR) is 53.2 cm³/mol. The highest BCUT2D eigenvalue weighted by molar-refractivity contribution is 5.85. The van der Waals surface area contributed by atoms with Gasteiger partial charge in [-0.2, -0.15) is 0 Å². The third-order valence-electron chi connectivity index (χ3n) is 1.74. The maximum Gasteiger partial charge on any atom is 0.411 e. The van der Waals surface area contributed by atoms with Crippen molar-refractivity contribution >= 4 is 11.8 Å². The summed E-state index contributed by atoms with van der Waals surface area (Å²) in [6, 6.07) is 7.40. The molecule has 0 bridgehead atoms. The molecule has 1 amide bonds. The summed E-state index contributed by atoms with van der Waals surface area (Å²) in [5.74, 6) is 0. The second-order valence-electron chi connectivity index (χ2n) is 2.71. The Hall–Kier alpha value is -1.55. The number of nitrogens with one attached hydrogen (secondary N) is 1. The molecular formula is C10H13NO3. The van der Waals surface area contributed by atoms with Crippen LogP contribution in [0.1, 0.15) is 5.56 Å². The largest absolute Gasteiger partial charge is 0.453 e. The van der Waals surface area contributed by atoms with Gasteiger partial charge in [0.2, 0.25) is 0 Å². The minimum absolute atomic E-state index is 0.458. The fourth-order valence-electron chi connectivity index (χ4n) is 1.08. The molecule has 0 saturated carbocycles. The molecule has 0 heterocycles. The lowest BCUT2D eigenvalue weighted by atomic mass is 10.2. The Balaban J connectivity index is 2.78. The molecular weight excluding hydrogens is 182 g/mol. The Labute approximate surface area is 82.8 Å². The maximum atomic E-state index is 11.0. The van der Waals surface area contributed by atoms with E-state index in [2.05, 4.69) is 10.1 Å². The van der Waals surface area contributed by atoms with Crippen molar-refractivity contribution in [2.45, 2.75) is 6.61 Å². The van der Waals surface area contributed by atoms with Gasteiger partial charge in [-0.1, -0.05) is 18.2 Å². The number of carbonyl (C=O) groups excluding carboxylic acids is 1. The van der Waals surface area contributed by atoms with E-state index in [-0.39, 0.29) is 0 Å². The molecule has 1 aromatic rings. The molecule has 0 unspecified atom stereocenters. The Morgan fingerprint density at radius 2 is 2.07 bits per heavy atom. The number of amides is 1. The van der Waals surface area contributed by atoms with E-state index in [1.165, 1.54) is 7.11 Å². The van der Waals surface area contributed by atoms with E-state index in [0.717, 1.165) is 5.56 Å². The Morgan fingerprint density at radius 3 is 2.71 bits per heavy atom. The highest BCUT2D eigenvalue weighted by atomic mass is 16.5. The van der Waals surface area contributed by atoms with E-state index in [4.69, 9.17) is 4.74 Å². The summed E-state index contributed by atoms with van der Waals surface area (Å²) in [4.78, 5) is 11.0. The van der Waals surface area contributed by atoms with Crippen LogP contribution in [-0.2, 0) is 16.1 Å². The molecule has 0 radical (unpaired) electrons. The molecule has 1 N–H and O–H groups in total. The zero-order valence-electron chi connectivity index (χ0n) is 8.24. The first-order valence-corrected chi connectivity index (χ1v) is 4.19. The first kappa shape index (κ1) is 10.5. The van der Waals surface area contributed by atoms with Crippen LogP contribution < -0.4 is 5.32 Å². The average Bonchev–Trinajstić information content (AvgIpc) is 2.21. The Bertz CT molecular complexity index is 312. The van der Waals surface area contributed by atoms with Crippen LogP contribution in [-0.4, -0.2) is 20.3 Å². The van der Waals surface area contributed by atoms with Gasteiger partial charge in [-0.05, 0) is 6.07 Å². The number of ether oxygens (including phenoxy) is 2. The second kappa shape index (κ2) is 5.24. The molecule has 0 saturated heterocycles. The van der Waals surface area contributed by atoms with Crippen molar-refractivity contribution in [2.24, 2.45) is 0 Å². The van der Waals surface area contributed by atoms with Gasteiger partial charge in [-0.15, -0.1) is 0 Å². The van der Waals surface area contributed by atoms with Gasteiger partial charge in [0.15, 0.2) is 0 Å². The summed E-state index contributed by atoms with van der Waals surface area (Å²) in [7, 11) is 2.93. The number of hydrogen-bond acceptors (Lipinski definition) is 3. The van der Waals surface area contributed by atoms with Gasteiger partial charge in [0, 0.05) is 18.4 Å². The third kappa shape index (κ3) is 2.74. The lowest BCUT2D eigenvalue weighted by Gasteiger charge is -2.08. The van der Waals surface area contributed by atoms with Gasteiger partial charge < -0.3 is 9.47 Å². The van der Waals surface area contributed by atoms with E-state index < -0.39 is 6.09 Å². The van der Waals surface area contributed by atoms with Crippen LogP contribution in [0.2, 0.25) is 0 Å². The van der Waals surface area contributed by atoms with Crippen LogP contribution >= 0.6 is 0 Å². The van der Waals surface area contributed by atoms with Crippen LogP contribution in [0.5, 0.6) is 0 Å². The van der Waals surface area contributed by atoms with Crippen molar-refractivity contribution in [1.29, 1.82) is 0 Å². The number of anilines is 1. The summed E-state index contributed by atoms with van der Waals surface area (Å²) < 4.78 is 9.49. The molecule has 14 heavy (non-hydrogen) atoms. The number of methoxy groups -OCH3 is 2.